The lowest BCUT2D eigenvalue weighted by Gasteiger charge is -2.00. The van der Waals surface area contributed by atoms with Gasteiger partial charge in [-0.2, -0.15) is 0 Å². The molecule has 2 aromatic rings. The molecular weight excluding hydrogens is 376 g/mol. The van der Waals surface area contributed by atoms with E-state index in [0.29, 0.717) is 17.2 Å². The van der Waals surface area contributed by atoms with Crippen molar-refractivity contribution in [2.24, 2.45) is 0 Å². The van der Waals surface area contributed by atoms with Crippen LogP contribution in [0.4, 0.5) is 5.13 Å². The summed E-state index contributed by atoms with van der Waals surface area (Å²) in [4.78, 5) is 27.6. The molecule has 2 N–H and O–H groups in total. The number of carboxylic acid groups (broad SMARTS) is 1. The molecule has 1 amide bonds. The highest BCUT2D eigenvalue weighted by molar-refractivity contribution is 9.11. The molecule has 0 bridgehead atoms. The summed E-state index contributed by atoms with van der Waals surface area (Å²) in [5, 5.41) is 13.5. The van der Waals surface area contributed by atoms with E-state index in [4.69, 9.17) is 5.11 Å². The van der Waals surface area contributed by atoms with Crippen molar-refractivity contribution in [2.45, 2.75) is 25.7 Å². The van der Waals surface area contributed by atoms with Gasteiger partial charge in [0.1, 0.15) is 0 Å². The maximum atomic E-state index is 11.8. The summed E-state index contributed by atoms with van der Waals surface area (Å²) >= 11 is 6.32. The average molecular weight is 389 g/mol. The summed E-state index contributed by atoms with van der Waals surface area (Å²) in [5.41, 5.74) is 0.464. The molecule has 8 heteroatoms. The van der Waals surface area contributed by atoms with Crippen LogP contribution in [0.2, 0.25) is 0 Å². The Labute approximate surface area is 138 Å². The van der Waals surface area contributed by atoms with Gasteiger partial charge in [0.05, 0.1) is 15.9 Å². The van der Waals surface area contributed by atoms with E-state index in [0.717, 1.165) is 16.6 Å². The van der Waals surface area contributed by atoms with Crippen LogP contribution in [0.1, 0.15) is 23.4 Å². The average Bonchev–Trinajstić information content (AvgIpc) is 2.98. The predicted octanol–water partition coefficient (Wildman–Crippen LogP) is 3.56. The van der Waals surface area contributed by atoms with Crippen molar-refractivity contribution in [1.29, 1.82) is 0 Å². The number of hydrogen-bond acceptors (Lipinski definition) is 5. The minimum absolute atomic E-state index is 0.0955. The first-order valence-corrected chi connectivity index (χ1v) is 8.72. The van der Waals surface area contributed by atoms with Crippen molar-refractivity contribution in [2.75, 3.05) is 5.32 Å². The number of aryl methyl sites for hydroxylation is 1. The molecule has 112 valence electrons. The summed E-state index contributed by atoms with van der Waals surface area (Å²) in [7, 11) is 0. The van der Waals surface area contributed by atoms with Crippen LogP contribution in [0, 0.1) is 0 Å². The minimum Gasteiger partial charge on any atom is -0.481 e. The first-order valence-electron chi connectivity index (χ1n) is 6.23. The van der Waals surface area contributed by atoms with Crippen LogP contribution < -0.4 is 5.32 Å². The van der Waals surface area contributed by atoms with E-state index in [2.05, 4.69) is 26.2 Å². The molecule has 0 aliphatic carbocycles. The van der Waals surface area contributed by atoms with Gasteiger partial charge in [-0.1, -0.05) is 0 Å². The summed E-state index contributed by atoms with van der Waals surface area (Å²) in [5.74, 6) is -1.03. The topological polar surface area (TPSA) is 79.3 Å². The molecule has 0 aliphatic heterocycles. The van der Waals surface area contributed by atoms with E-state index in [1.807, 2.05) is 12.1 Å². The Kier molecular flexibility index (Phi) is 5.89. The summed E-state index contributed by atoms with van der Waals surface area (Å²) in [6, 6.07) is 4.05. The molecule has 0 aromatic carbocycles. The summed E-state index contributed by atoms with van der Waals surface area (Å²) in [6.07, 6.45) is 1.93. The van der Waals surface area contributed by atoms with E-state index >= 15 is 0 Å². The van der Waals surface area contributed by atoms with Gasteiger partial charge in [-0.05, 0) is 40.9 Å². The lowest BCUT2D eigenvalue weighted by molar-refractivity contribution is -0.136. The highest BCUT2D eigenvalue weighted by Gasteiger charge is 2.09. The maximum absolute atomic E-state index is 11.8. The third kappa shape index (κ3) is 5.56. The van der Waals surface area contributed by atoms with Crippen LogP contribution in [-0.4, -0.2) is 22.0 Å². The van der Waals surface area contributed by atoms with Crippen LogP contribution in [0.5, 0.6) is 0 Å². The highest BCUT2D eigenvalue weighted by Crippen LogP contribution is 2.23. The molecule has 0 saturated heterocycles. The van der Waals surface area contributed by atoms with E-state index in [1.165, 1.54) is 16.2 Å². The second-order valence-electron chi connectivity index (χ2n) is 4.32. The third-order valence-electron chi connectivity index (χ3n) is 2.59. The highest BCUT2D eigenvalue weighted by atomic mass is 79.9. The van der Waals surface area contributed by atoms with Gasteiger partial charge in [0, 0.05) is 16.7 Å². The van der Waals surface area contributed by atoms with Crippen LogP contribution in [-0.2, 0) is 22.4 Å². The van der Waals surface area contributed by atoms with Gasteiger partial charge in [0.2, 0.25) is 5.91 Å². The quantitative estimate of drug-likeness (QED) is 0.759. The molecule has 2 aromatic heterocycles. The number of carboxylic acids is 1. The number of nitrogens with zero attached hydrogens (tertiary/aromatic N) is 1. The summed E-state index contributed by atoms with van der Waals surface area (Å²) in [6.45, 7) is 0. The van der Waals surface area contributed by atoms with Crippen LogP contribution in [0.15, 0.2) is 21.3 Å². The smallest absolute Gasteiger partial charge is 0.309 e. The number of carbonyl (C=O) groups excluding carboxylic acids is 1. The van der Waals surface area contributed by atoms with E-state index in [-0.39, 0.29) is 12.3 Å². The van der Waals surface area contributed by atoms with Crippen molar-refractivity contribution in [3.8, 4) is 0 Å². The molecule has 2 heterocycles. The van der Waals surface area contributed by atoms with Crippen molar-refractivity contribution in [1.82, 2.24) is 4.98 Å². The molecule has 0 spiro atoms. The summed E-state index contributed by atoms with van der Waals surface area (Å²) < 4.78 is 1.09. The molecule has 5 nitrogen and oxygen atoms in total. The Hall–Kier alpha value is -1.25. The monoisotopic (exact) mass is 388 g/mol. The minimum atomic E-state index is -0.930. The maximum Gasteiger partial charge on any atom is 0.309 e. The Morgan fingerprint density at radius 3 is 2.86 bits per heavy atom. The van der Waals surface area contributed by atoms with Crippen molar-refractivity contribution >= 4 is 55.6 Å². The number of carbonyl (C=O) groups is 2. The fourth-order valence-electron chi connectivity index (χ4n) is 1.69. The number of halogens is 1. The Balaban J connectivity index is 1.74. The van der Waals surface area contributed by atoms with Crippen molar-refractivity contribution < 1.29 is 14.7 Å². The van der Waals surface area contributed by atoms with E-state index in [9.17, 15) is 9.59 Å². The molecule has 2 rings (SSSR count). The van der Waals surface area contributed by atoms with Gasteiger partial charge in [-0.15, -0.1) is 22.7 Å². The number of thiazole rings is 1. The number of aliphatic carboxylic acids is 1. The fraction of sp³-hybridized carbons (Fsp3) is 0.308. The Bertz CT molecular complexity index is 639. The third-order valence-corrected chi connectivity index (χ3v) is 5.08. The molecule has 0 saturated carbocycles. The first-order chi connectivity index (χ1) is 10.0. The molecule has 0 unspecified atom stereocenters. The van der Waals surface area contributed by atoms with Gasteiger partial charge >= 0.3 is 5.97 Å². The van der Waals surface area contributed by atoms with Gasteiger partial charge in [-0.3, -0.25) is 9.59 Å². The molecule has 21 heavy (non-hydrogen) atoms. The molecular formula is C13H13BrN2O3S2. The fourth-order valence-corrected chi connectivity index (χ4v) is 3.94. The number of nitrogens with one attached hydrogen (secondary N) is 1. The van der Waals surface area contributed by atoms with Crippen LogP contribution in [0.3, 0.4) is 0 Å². The number of hydrogen-bond donors (Lipinski definition) is 2. The van der Waals surface area contributed by atoms with Gasteiger partial charge in [0.15, 0.2) is 5.13 Å². The standard InChI is InChI=1S/C13H13BrN2O3S2/c14-10-5-4-9(21-10)2-1-3-11(17)16-13-15-8(7-20-13)6-12(18)19/h4-5,7H,1-3,6H2,(H,18,19)(H,15,16,17). The normalized spacial score (nSPS) is 10.5. The number of rotatable bonds is 7. The van der Waals surface area contributed by atoms with Crippen molar-refractivity contribution in [3.05, 3.63) is 31.9 Å². The molecule has 0 atom stereocenters. The van der Waals surface area contributed by atoms with Gasteiger partial charge < -0.3 is 10.4 Å². The van der Waals surface area contributed by atoms with Gasteiger partial charge in [0.25, 0.3) is 0 Å². The lowest BCUT2D eigenvalue weighted by atomic mass is 10.2. The van der Waals surface area contributed by atoms with Crippen LogP contribution in [0.25, 0.3) is 0 Å². The second-order valence-corrected chi connectivity index (χ2v) is 7.73. The first kappa shape index (κ1) is 16.1. The number of thiophene rings is 1. The Morgan fingerprint density at radius 2 is 2.19 bits per heavy atom. The zero-order valence-corrected chi connectivity index (χ0v) is 14.2. The zero-order chi connectivity index (χ0) is 15.2. The van der Waals surface area contributed by atoms with E-state index in [1.54, 1.807) is 16.7 Å². The van der Waals surface area contributed by atoms with Crippen LogP contribution >= 0.6 is 38.6 Å². The SMILES string of the molecule is O=C(O)Cc1csc(NC(=O)CCCc2ccc(Br)s2)n1. The number of aromatic nitrogens is 1. The van der Waals surface area contributed by atoms with Gasteiger partial charge in [-0.25, -0.2) is 4.98 Å². The molecule has 0 radical (unpaired) electrons. The lowest BCUT2D eigenvalue weighted by Crippen LogP contribution is -2.11. The predicted molar refractivity (Wildman–Crippen MR) is 87.0 cm³/mol. The number of amides is 1. The molecule has 0 aliphatic rings. The van der Waals surface area contributed by atoms with Crippen molar-refractivity contribution in [3.63, 3.8) is 0 Å². The second kappa shape index (κ2) is 7.67. The number of anilines is 1. The van der Waals surface area contributed by atoms with E-state index < -0.39 is 5.97 Å². The molecule has 0 fully saturated rings. The Morgan fingerprint density at radius 1 is 1.38 bits per heavy atom. The largest absolute Gasteiger partial charge is 0.481 e. The zero-order valence-electron chi connectivity index (χ0n) is 11.0.